The van der Waals surface area contributed by atoms with Gasteiger partial charge in [0.25, 0.3) is 0 Å². The summed E-state index contributed by atoms with van der Waals surface area (Å²) in [4.78, 5) is 23.3. The fourth-order valence-electron chi connectivity index (χ4n) is 2.43. The molecule has 1 aromatic carbocycles. The molecule has 1 atom stereocenters. The zero-order chi connectivity index (χ0) is 16.5. The van der Waals surface area contributed by atoms with Gasteiger partial charge in [0, 0.05) is 11.6 Å². The molecule has 5 heteroatoms. The number of benzene rings is 1. The quantitative estimate of drug-likeness (QED) is 0.930. The molecule has 0 radical (unpaired) electrons. The molecule has 22 heavy (non-hydrogen) atoms. The summed E-state index contributed by atoms with van der Waals surface area (Å²) in [7, 11) is 0. The molecule has 0 spiro atoms. The smallest absolute Gasteiger partial charge is 0.419 e. The third-order valence-electron chi connectivity index (χ3n) is 3.34. The van der Waals surface area contributed by atoms with Gasteiger partial charge in [-0.2, -0.15) is 0 Å². The minimum absolute atomic E-state index is 0.0162. The molecule has 0 saturated carbocycles. The van der Waals surface area contributed by atoms with Crippen molar-refractivity contribution in [3.63, 3.8) is 0 Å². The van der Waals surface area contributed by atoms with E-state index < -0.39 is 17.7 Å². The minimum atomic E-state index is -0.860. The van der Waals surface area contributed by atoms with Crippen LogP contribution in [0.25, 0.3) is 10.9 Å². The zero-order valence-electron chi connectivity index (χ0n) is 13.3. The third kappa shape index (κ3) is 3.47. The predicted octanol–water partition coefficient (Wildman–Crippen LogP) is 4.00. The Hall–Kier alpha value is -2.30. The molecule has 2 rings (SSSR count). The van der Waals surface area contributed by atoms with Crippen molar-refractivity contribution in [2.45, 2.75) is 45.6 Å². The fraction of sp³-hybridized carbons (Fsp3) is 0.412. The Kier molecular flexibility index (Phi) is 4.26. The summed E-state index contributed by atoms with van der Waals surface area (Å²) in [6.07, 6.45) is 1.24. The molecular formula is C17H21NO4. The van der Waals surface area contributed by atoms with E-state index in [0.717, 1.165) is 16.5 Å². The number of para-hydroxylation sites is 1. The molecule has 2 aromatic rings. The van der Waals surface area contributed by atoms with Crippen molar-refractivity contribution in [3.05, 3.63) is 36.0 Å². The van der Waals surface area contributed by atoms with Crippen LogP contribution in [0.5, 0.6) is 0 Å². The molecule has 0 bridgehead atoms. The summed E-state index contributed by atoms with van der Waals surface area (Å²) in [6.45, 7) is 7.27. The first-order valence-corrected chi connectivity index (χ1v) is 7.24. The number of carboxylic acids is 1. The third-order valence-corrected chi connectivity index (χ3v) is 3.34. The molecule has 118 valence electrons. The molecule has 1 unspecified atom stereocenters. The first-order chi connectivity index (χ1) is 10.2. The second-order valence-electron chi connectivity index (χ2n) is 6.45. The van der Waals surface area contributed by atoms with Crippen molar-refractivity contribution in [2.75, 3.05) is 0 Å². The number of aromatic nitrogens is 1. The molecule has 0 aliphatic heterocycles. The van der Waals surface area contributed by atoms with Crippen molar-refractivity contribution in [1.29, 1.82) is 0 Å². The molecule has 0 amide bonds. The summed E-state index contributed by atoms with van der Waals surface area (Å²) in [5.74, 6) is -1.05. The Bertz CT molecular complexity index is 709. The second-order valence-corrected chi connectivity index (χ2v) is 6.45. The van der Waals surface area contributed by atoms with Crippen LogP contribution in [-0.4, -0.2) is 27.3 Å². The summed E-state index contributed by atoms with van der Waals surface area (Å²) in [6, 6.07) is 7.44. The molecule has 0 aliphatic carbocycles. The van der Waals surface area contributed by atoms with Crippen molar-refractivity contribution in [1.82, 2.24) is 4.57 Å². The lowest BCUT2D eigenvalue weighted by Gasteiger charge is -2.19. The average Bonchev–Trinajstić information content (AvgIpc) is 2.75. The van der Waals surface area contributed by atoms with E-state index in [4.69, 9.17) is 9.84 Å². The largest absolute Gasteiger partial charge is 0.481 e. The van der Waals surface area contributed by atoms with Gasteiger partial charge in [-0.3, -0.25) is 9.36 Å². The van der Waals surface area contributed by atoms with Gasteiger partial charge in [-0.1, -0.05) is 25.1 Å². The van der Waals surface area contributed by atoms with Gasteiger partial charge in [0.15, 0.2) is 0 Å². The maximum absolute atomic E-state index is 12.4. The molecular weight excluding hydrogens is 282 g/mol. The number of carbonyl (C=O) groups excluding carboxylic acids is 1. The Morgan fingerprint density at radius 2 is 1.91 bits per heavy atom. The molecule has 0 saturated heterocycles. The normalized spacial score (nSPS) is 13.1. The lowest BCUT2D eigenvalue weighted by atomic mass is 9.97. The van der Waals surface area contributed by atoms with E-state index in [9.17, 15) is 9.59 Å². The zero-order valence-corrected chi connectivity index (χ0v) is 13.3. The molecule has 0 fully saturated rings. The van der Waals surface area contributed by atoms with Crippen molar-refractivity contribution in [2.24, 2.45) is 0 Å². The van der Waals surface area contributed by atoms with Crippen molar-refractivity contribution in [3.8, 4) is 0 Å². The van der Waals surface area contributed by atoms with Crippen LogP contribution >= 0.6 is 0 Å². The van der Waals surface area contributed by atoms with Crippen LogP contribution < -0.4 is 0 Å². The standard InChI is InChI=1S/C17H21NO4/c1-11(9-15(19)20)13-10-18(16(21)22-17(2,3)4)14-8-6-5-7-12(13)14/h5-8,10-11H,9H2,1-4H3,(H,19,20). The van der Waals surface area contributed by atoms with E-state index in [1.54, 1.807) is 6.20 Å². The maximum Gasteiger partial charge on any atom is 0.419 e. The predicted molar refractivity (Wildman–Crippen MR) is 84.2 cm³/mol. The van der Waals surface area contributed by atoms with Crippen LogP contribution in [0.15, 0.2) is 30.5 Å². The van der Waals surface area contributed by atoms with Gasteiger partial charge in [0.2, 0.25) is 0 Å². The highest BCUT2D eigenvalue weighted by molar-refractivity contribution is 5.92. The van der Waals surface area contributed by atoms with E-state index >= 15 is 0 Å². The number of hydrogen-bond acceptors (Lipinski definition) is 3. The molecule has 1 aromatic heterocycles. The average molecular weight is 303 g/mol. The van der Waals surface area contributed by atoms with Gasteiger partial charge in [0.05, 0.1) is 11.9 Å². The van der Waals surface area contributed by atoms with Gasteiger partial charge in [0.1, 0.15) is 5.60 Å². The van der Waals surface area contributed by atoms with Crippen LogP contribution in [0.4, 0.5) is 4.79 Å². The number of fused-ring (bicyclic) bond motifs is 1. The van der Waals surface area contributed by atoms with E-state index in [1.807, 2.05) is 52.0 Å². The van der Waals surface area contributed by atoms with Gasteiger partial charge in [-0.15, -0.1) is 0 Å². The number of carboxylic acid groups (broad SMARTS) is 1. The van der Waals surface area contributed by atoms with Crippen molar-refractivity contribution >= 4 is 23.0 Å². The summed E-state index contributed by atoms with van der Waals surface area (Å²) >= 11 is 0. The highest BCUT2D eigenvalue weighted by Crippen LogP contribution is 2.30. The Morgan fingerprint density at radius 1 is 1.27 bits per heavy atom. The SMILES string of the molecule is CC(CC(=O)O)c1cn(C(=O)OC(C)(C)C)c2ccccc12. The van der Waals surface area contributed by atoms with Gasteiger partial charge >= 0.3 is 12.1 Å². The van der Waals surface area contributed by atoms with Crippen LogP contribution in [0.2, 0.25) is 0 Å². The second kappa shape index (κ2) is 5.83. The van der Waals surface area contributed by atoms with E-state index in [0.29, 0.717) is 0 Å². The minimum Gasteiger partial charge on any atom is -0.481 e. The van der Waals surface area contributed by atoms with E-state index in [-0.39, 0.29) is 12.3 Å². The lowest BCUT2D eigenvalue weighted by Crippen LogP contribution is -2.26. The number of ether oxygens (including phenoxy) is 1. The van der Waals surface area contributed by atoms with Crippen LogP contribution in [0.1, 0.15) is 45.6 Å². The number of carbonyl (C=O) groups is 2. The van der Waals surface area contributed by atoms with Gasteiger partial charge < -0.3 is 9.84 Å². The highest BCUT2D eigenvalue weighted by Gasteiger charge is 2.22. The first kappa shape index (κ1) is 16.1. The lowest BCUT2D eigenvalue weighted by molar-refractivity contribution is -0.137. The summed E-state index contributed by atoms with van der Waals surface area (Å²) in [5, 5.41) is 9.86. The first-order valence-electron chi connectivity index (χ1n) is 7.24. The monoisotopic (exact) mass is 303 g/mol. The number of nitrogens with zero attached hydrogens (tertiary/aromatic N) is 1. The van der Waals surface area contributed by atoms with Crippen LogP contribution in [0.3, 0.4) is 0 Å². The van der Waals surface area contributed by atoms with Crippen LogP contribution in [-0.2, 0) is 9.53 Å². The Labute approximate surface area is 129 Å². The van der Waals surface area contributed by atoms with Gasteiger partial charge in [-0.05, 0) is 38.3 Å². The molecule has 1 N–H and O–H groups in total. The topological polar surface area (TPSA) is 68.5 Å². The van der Waals surface area contributed by atoms with Crippen molar-refractivity contribution < 1.29 is 19.4 Å². The highest BCUT2D eigenvalue weighted by atomic mass is 16.6. The number of rotatable bonds is 3. The maximum atomic E-state index is 12.4. The molecule has 5 nitrogen and oxygen atoms in total. The van der Waals surface area contributed by atoms with E-state index in [1.165, 1.54) is 4.57 Å². The molecule has 0 aliphatic rings. The fourth-order valence-corrected chi connectivity index (χ4v) is 2.43. The Morgan fingerprint density at radius 3 is 2.50 bits per heavy atom. The van der Waals surface area contributed by atoms with E-state index in [2.05, 4.69) is 0 Å². The summed E-state index contributed by atoms with van der Waals surface area (Å²) < 4.78 is 6.87. The molecule has 1 heterocycles. The number of aliphatic carboxylic acids is 1. The van der Waals surface area contributed by atoms with Gasteiger partial charge in [-0.25, -0.2) is 4.79 Å². The van der Waals surface area contributed by atoms with Crippen LogP contribution in [0, 0.1) is 0 Å². The number of hydrogen-bond donors (Lipinski definition) is 1. The summed E-state index contributed by atoms with van der Waals surface area (Å²) in [5.41, 5.74) is 0.975. The Balaban J connectivity index is 2.48.